The normalized spacial score (nSPS) is 18.8. The Hall–Kier alpha value is -2.47. The zero-order valence-electron chi connectivity index (χ0n) is 12.1. The Balaban J connectivity index is 1.44. The zero-order valence-corrected chi connectivity index (χ0v) is 12.1. The van der Waals surface area contributed by atoms with Crippen LogP contribution in [0.4, 0.5) is 0 Å². The van der Waals surface area contributed by atoms with Crippen LogP contribution >= 0.6 is 0 Å². The summed E-state index contributed by atoms with van der Waals surface area (Å²) in [6.07, 6.45) is 6.18. The summed E-state index contributed by atoms with van der Waals surface area (Å²) in [7, 11) is 0. The quantitative estimate of drug-likeness (QED) is 0.737. The summed E-state index contributed by atoms with van der Waals surface area (Å²) in [5.74, 6) is 2.55. The Kier molecular flexibility index (Phi) is 3.44. The van der Waals surface area contributed by atoms with Crippen LogP contribution in [-0.4, -0.2) is 33.2 Å². The van der Waals surface area contributed by atoms with Crippen molar-refractivity contribution in [2.75, 3.05) is 13.1 Å². The molecule has 1 atom stereocenters. The summed E-state index contributed by atoms with van der Waals surface area (Å²) in [6, 6.07) is 7.66. The van der Waals surface area contributed by atoms with Gasteiger partial charge in [-0.05, 0) is 37.2 Å². The van der Waals surface area contributed by atoms with Crippen LogP contribution in [-0.2, 0) is 6.54 Å². The molecule has 1 fully saturated rings. The van der Waals surface area contributed by atoms with Crippen molar-refractivity contribution in [3.8, 4) is 11.5 Å². The number of furan rings is 1. The molecule has 112 valence electrons. The predicted octanol–water partition coefficient (Wildman–Crippen LogP) is 2.71. The molecule has 0 saturated carbocycles. The molecule has 0 amide bonds. The number of likely N-dealkylation sites (tertiary alicyclic amines) is 1. The Labute approximate surface area is 127 Å². The number of hydrogen-bond acceptors (Lipinski definition) is 6. The van der Waals surface area contributed by atoms with Gasteiger partial charge in [0.1, 0.15) is 5.76 Å². The fraction of sp³-hybridized carbons (Fsp3) is 0.312. The van der Waals surface area contributed by atoms with Crippen LogP contribution in [0.3, 0.4) is 0 Å². The van der Waals surface area contributed by atoms with Crippen molar-refractivity contribution in [3.05, 3.63) is 54.6 Å². The summed E-state index contributed by atoms with van der Waals surface area (Å²) < 4.78 is 11.2. The van der Waals surface area contributed by atoms with E-state index in [1.807, 2.05) is 24.3 Å². The molecule has 6 nitrogen and oxygen atoms in total. The molecule has 1 saturated heterocycles. The number of rotatable bonds is 4. The second kappa shape index (κ2) is 5.73. The average Bonchev–Trinajstić information content (AvgIpc) is 3.30. The Bertz CT molecular complexity index is 724. The van der Waals surface area contributed by atoms with E-state index in [9.17, 15) is 0 Å². The maximum absolute atomic E-state index is 5.84. The standard InChI is InChI=1S/C16H16N4O2/c1-2-14(21-9-1)11-20-8-5-13(10-20)16-19-18-15(22-16)12-3-6-17-7-4-12/h1-4,6-7,9,13H,5,8,10-11H2/t13-/m0/s1. The van der Waals surface area contributed by atoms with E-state index in [0.29, 0.717) is 11.8 Å². The second-order valence-corrected chi connectivity index (χ2v) is 5.48. The monoisotopic (exact) mass is 296 g/mol. The van der Waals surface area contributed by atoms with Crippen molar-refractivity contribution in [2.24, 2.45) is 0 Å². The molecule has 4 rings (SSSR count). The summed E-state index contributed by atoms with van der Waals surface area (Å²) >= 11 is 0. The Morgan fingerprint density at radius 3 is 2.91 bits per heavy atom. The molecule has 6 heteroatoms. The lowest BCUT2D eigenvalue weighted by atomic mass is 10.1. The van der Waals surface area contributed by atoms with Gasteiger partial charge in [-0.3, -0.25) is 9.88 Å². The van der Waals surface area contributed by atoms with Gasteiger partial charge in [0.25, 0.3) is 0 Å². The highest BCUT2D eigenvalue weighted by Gasteiger charge is 2.28. The molecule has 3 aromatic rings. The molecular weight excluding hydrogens is 280 g/mol. The Morgan fingerprint density at radius 2 is 2.09 bits per heavy atom. The third-order valence-corrected chi connectivity index (χ3v) is 3.95. The fourth-order valence-corrected chi connectivity index (χ4v) is 2.81. The van der Waals surface area contributed by atoms with E-state index in [1.54, 1.807) is 18.7 Å². The van der Waals surface area contributed by atoms with E-state index >= 15 is 0 Å². The lowest BCUT2D eigenvalue weighted by molar-refractivity contribution is 0.290. The molecule has 3 aromatic heterocycles. The number of nitrogens with zero attached hydrogens (tertiary/aromatic N) is 4. The molecule has 0 bridgehead atoms. The molecule has 0 aliphatic carbocycles. The molecule has 22 heavy (non-hydrogen) atoms. The van der Waals surface area contributed by atoms with E-state index < -0.39 is 0 Å². The number of pyridine rings is 1. The van der Waals surface area contributed by atoms with Gasteiger partial charge in [-0.2, -0.15) is 0 Å². The van der Waals surface area contributed by atoms with Gasteiger partial charge < -0.3 is 8.83 Å². The van der Waals surface area contributed by atoms with Crippen LogP contribution in [0.25, 0.3) is 11.5 Å². The maximum atomic E-state index is 5.84. The van der Waals surface area contributed by atoms with E-state index in [1.165, 1.54) is 0 Å². The SMILES string of the molecule is c1coc(CN2CC[C@H](c3nnc(-c4ccncc4)o3)C2)c1. The number of aromatic nitrogens is 3. The lowest BCUT2D eigenvalue weighted by Crippen LogP contribution is -2.19. The van der Waals surface area contributed by atoms with Gasteiger partial charge in [-0.15, -0.1) is 10.2 Å². The van der Waals surface area contributed by atoms with Crippen molar-refractivity contribution in [2.45, 2.75) is 18.9 Å². The van der Waals surface area contributed by atoms with Gasteiger partial charge in [0.05, 0.1) is 18.7 Å². The topological polar surface area (TPSA) is 68.2 Å². The van der Waals surface area contributed by atoms with Crippen LogP contribution in [0.2, 0.25) is 0 Å². The van der Waals surface area contributed by atoms with Crippen LogP contribution < -0.4 is 0 Å². The molecule has 1 aliphatic rings. The lowest BCUT2D eigenvalue weighted by Gasteiger charge is -2.12. The maximum Gasteiger partial charge on any atom is 0.247 e. The highest BCUT2D eigenvalue weighted by Crippen LogP contribution is 2.29. The second-order valence-electron chi connectivity index (χ2n) is 5.48. The van der Waals surface area contributed by atoms with E-state index in [2.05, 4.69) is 20.1 Å². The summed E-state index contributed by atoms with van der Waals surface area (Å²) in [4.78, 5) is 6.34. The van der Waals surface area contributed by atoms with Crippen LogP contribution in [0.15, 0.2) is 51.8 Å². The molecule has 0 N–H and O–H groups in total. The first-order chi connectivity index (χ1) is 10.9. The van der Waals surface area contributed by atoms with Crippen molar-refractivity contribution in [3.63, 3.8) is 0 Å². The molecule has 0 radical (unpaired) electrons. The van der Waals surface area contributed by atoms with Crippen LogP contribution in [0, 0.1) is 0 Å². The van der Waals surface area contributed by atoms with Gasteiger partial charge >= 0.3 is 0 Å². The summed E-state index contributed by atoms with van der Waals surface area (Å²) in [6.45, 7) is 2.76. The minimum Gasteiger partial charge on any atom is -0.468 e. The summed E-state index contributed by atoms with van der Waals surface area (Å²) in [5.41, 5.74) is 0.902. The first-order valence-corrected chi connectivity index (χ1v) is 7.37. The molecule has 4 heterocycles. The van der Waals surface area contributed by atoms with E-state index in [0.717, 1.165) is 37.4 Å². The largest absolute Gasteiger partial charge is 0.468 e. The smallest absolute Gasteiger partial charge is 0.247 e. The molecule has 1 aliphatic heterocycles. The predicted molar refractivity (Wildman–Crippen MR) is 78.9 cm³/mol. The molecule has 0 unspecified atom stereocenters. The summed E-state index contributed by atoms with van der Waals surface area (Å²) in [5, 5.41) is 8.37. The van der Waals surface area contributed by atoms with E-state index in [-0.39, 0.29) is 5.92 Å². The molecular formula is C16H16N4O2. The van der Waals surface area contributed by atoms with Gasteiger partial charge in [-0.1, -0.05) is 0 Å². The van der Waals surface area contributed by atoms with Crippen LogP contribution in [0.1, 0.15) is 24.0 Å². The van der Waals surface area contributed by atoms with Gasteiger partial charge in [0.2, 0.25) is 11.8 Å². The highest BCUT2D eigenvalue weighted by molar-refractivity contribution is 5.50. The van der Waals surface area contributed by atoms with Gasteiger partial charge in [-0.25, -0.2) is 0 Å². The van der Waals surface area contributed by atoms with Crippen molar-refractivity contribution in [1.29, 1.82) is 0 Å². The number of hydrogen-bond donors (Lipinski definition) is 0. The van der Waals surface area contributed by atoms with Crippen molar-refractivity contribution < 1.29 is 8.83 Å². The zero-order chi connectivity index (χ0) is 14.8. The van der Waals surface area contributed by atoms with Gasteiger partial charge in [0.15, 0.2) is 0 Å². The highest BCUT2D eigenvalue weighted by atomic mass is 16.4. The minimum absolute atomic E-state index is 0.290. The fourth-order valence-electron chi connectivity index (χ4n) is 2.81. The molecule has 0 aromatic carbocycles. The Morgan fingerprint density at radius 1 is 1.18 bits per heavy atom. The third kappa shape index (κ3) is 2.65. The third-order valence-electron chi connectivity index (χ3n) is 3.95. The van der Waals surface area contributed by atoms with Crippen LogP contribution in [0.5, 0.6) is 0 Å². The average molecular weight is 296 g/mol. The molecule has 0 spiro atoms. The van der Waals surface area contributed by atoms with Crippen molar-refractivity contribution in [1.82, 2.24) is 20.1 Å². The minimum atomic E-state index is 0.290. The van der Waals surface area contributed by atoms with Crippen molar-refractivity contribution >= 4 is 0 Å². The van der Waals surface area contributed by atoms with Gasteiger partial charge in [0, 0.05) is 24.5 Å². The van der Waals surface area contributed by atoms with E-state index in [4.69, 9.17) is 8.83 Å². The first-order valence-electron chi connectivity index (χ1n) is 7.37. The first kappa shape index (κ1) is 13.2.